The molecule has 0 aromatic heterocycles. The number of benzene rings is 2. The molecular formula is C26H32N2O5. The summed E-state index contributed by atoms with van der Waals surface area (Å²) in [5.41, 5.74) is 4.68. The number of carbonyl (C=O) groups excluding carboxylic acids is 2. The van der Waals surface area contributed by atoms with E-state index in [9.17, 15) is 14.4 Å². The minimum absolute atomic E-state index is 0.00969. The standard InChI is InChI=1S/C26H32N2O5/c1-17(25(31)28-18(2)8-7-13-24(29)30)14-15-27-26(32)33-16-23-21-11-5-3-9-19(21)20-10-4-6-12-22(20)23/h3-6,9-12,17-18,23H,7-8,13-16H2,1-2H3,(H,27,32)(H,28,31)(H,29,30). The predicted molar refractivity (Wildman–Crippen MR) is 126 cm³/mol. The summed E-state index contributed by atoms with van der Waals surface area (Å²) in [6, 6.07) is 16.3. The number of hydrogen-bond acceptors (Lipinski definition) is 4. The molecule has 7 nitrogen and oxygen atoms in total. The van der Waals surface area contributed by atoms with Gasteiger partial charge in [0.05, 0.1) is 0 Å². The largest absolute Gasteiger partial charge is 0.481 e. The van der Waals surface area contributed by atoms with E-state index in [1.807, 2.05) is 31.2 Å². The van der Waals surface area contributed by atoms with Crippen molar-refractivity contribution in [1.82, 2.24) is 10.6 Å². The van der Waals surface area contributed by atoms with Gasteiger partial charge in [0.1, 0.15) is 6.61 Å². The van der Waals surface area contributed by atoms with Crippen molar-refractivity contribution in [3.63, 3.8) is 0 Å². The second kappa shape index (κ2) is 11.5. The lowest BCUT2D eigenvalue weighted by Crippen LogP contribution is -2.38. The lowest BCUT2D eigenvalue weighted by Gasteiger charge is -2.18. The first-order chi connectivity index (χ1) is 15.9. The molecule has 3 rings (SSSR count). The van der Waals surface area contributed by atoms with Gasteiger partial charge in [-0.25, -0.2) is 4.79 Å². The lowest BCUT2D eigenvalue weighted by molar-refractivity contribution is -0.137. The van der Waals surface area contributed by atoms with Crippen LogP contribution in [0.1, 0.15) is 56.6 Å². The molecule has 0 saturated heterocycles. The van der Waals surface area contributed by atoms with E-state index in [0.29, 0.717) is 25.8 Å². The van der Waals surface area contributed by atoms with Gasteiger partial charge in [-0.05, 0) is 48.4 Å². The third-order valence-corrected chi connectivity index (χ3v) is 6.05. The van der Waals surface area contributed by atoms with Crippen molar-refractivity contribution in [3.8, 4) is 11.1 Å². The van der Waals surface area contributed by atoms with E-state index in [2.05, 4.69) is 34.9 Å². The average molecular weight is 453 g/mol. The molecule has 0 fully saturated rings. The molecule has 2 aromatic carbocycles. The maximum atomic E-state index is 12.3. The molecule has 1 aliphatic carbocycles. The summed E-state index contributed by atoms with van der Waals surface area (Å²) in [4.78, 5) is 35.1. The predicted octanol–water partition coefficient (Wildman–Crippen LogP) is 4.31. The normalized spacial score (nSPS) is 14.0. The van der Waals surface area contributed by atoms with Gasteiger partial charge >= 0.3 is 12.1 Å². The smallest absolute Gasteiger partial charge is 0.407 e. The maximum Gasteiger partial charge on any atom is 0.407 e. The number of carboxylic acid groups (broad SMARTS) is 1. The number of carbonyl (C=O) groups is 3. The number of alkyl carbamates (subject to hydrolysis) is 1. The zero-order chi connectivity index (χ0) is 23.8. The van der Waals surface area contributed by atoms with E-state index in [0.717, 1.165) is 11.1 Å². The summed E-state index contributed by atoms with van der Waals surface area (Å²) in [5, 5.41) is 14.3. The second-order valence-electron chi connectivity index (χ2n) is 8.64. The van der Waals surface area contributed by atoms with Gasteiger partial charge in [-0.2, -0.15) is 0 Å². The fourth-order valence-corrected chi connectivity index (χ4v) is 4.19. The van der Waals surface area contributed by atoms with Crippen LogP contribution < -0.4 is 10.6 Å². The van der Waals surface area contributed by atoms with E-state index in [-0.39, 0.29) is 36.8 Å². The van der Waals surface area contributed by atoms with E-state index < -0.39 is 12.1 Å². The molecule has 7 heteroatoms. The third kappa shape index (κ3) is 6.57. The molecule has 0 saturated carbocycles. The number of carboxylic acids is 1. The Morgan fingerprint density at radius 3 is 2.18 bits per heavy atom. The highest BCUT2D eigenvalue weighted by Gasteiger charge is 2.29. The highest BCUT2D eigenvalue weighted by Crippen LogP contribution is 2.44. The van der Waals surface area contributed by atoms with Crippen molar-refractivity contribution in [3.05, 3.63) is 59.7 Å². The summed E-state index contributed by atoms with van der Waals surface area (Å²) >= 11 is 0. The molecule has 176 valence electrons. The molecule has 0 aliphatic heterocycles. The summed E-state index contributed by atoms with van der Waals surface area (Å²) in [6.07, 6.45) is 1.22. The average Bonchev–Trinajstić information content (AvgIpc) is 3.11. The molecule has 0 spiro atoms. The van der Waals surface area contributed by atoms with Crippen molar-refractivity contribution in [2.75, 3.05) is 13.2 Å². The summed E-state index contributed by atoms with van der Waals surface area (Å²) in [7, 11) is 0. The number of ether oxygens (including phenoxy) is 1. The summed E-state index contributed by atoms with van der Waals surface area (Å²) in [5.74, 6) is -1.20. The van der Waals surface area contributed by atoms with Crippen molar-refractivity contribution in [2.24, 2.45) is 5.92 Å². The first kappa shape index (κ1) is 24.3. The molecule has 0 radical (unpaired) electrons. The van der Waals surface area contributed by atoms with Crippen LogP contribution in [0.2, 0.25) is 0 Å². The van der Waals surface area contributed by atoms with Crippen LogP contribution in [-0.4, -0.2) is 42.3 Å². The van der Waals surface area contributed by atoms with Gasteiger partial charge in [0.2, 0.25) is 5.91 Å². The first-order valence-corrected chi connectivity index (χ1v) is 11.5. The summed E-state index contributed by atoms with van der Waals surface area (Å²) < 4.78 is 5.51. The zero-order valence-corrected chi connectivity index (χ0v) is 19.2. The van der Waals surface area contributed by atoms with Crippen LogP contribution in [0.5, 0.6) is 0 Å². The molecule has 0 bridgehead atoms. The first-order valence-electron chi connectivity index (χ1n) is 11.5. The highest BCUT2D eigenvalue weighted by molar-refractivity contribution is 5.79. The number of amides is 2. The highest BCUT2D eigenvalue weighted by atomic mass is 16.5. The van der Waals surface area contributed by atoms with Crippen molar-refractivity contribution in [1.29, 1.82) is 0 Å². The Bertz CT molecular complexity index is 945. The lowest BCUT2D eigenvalue weighted by atomic mass is 9.98. The van der Waals surface area contributed by atoms with E-state index in [4.69, 9.17) is 9.84 Å². The van der Waals surface area contributed by atoms with Gasteiger partial charge in [0.25, 0.3) is 0 Å². The molecule has 3 N–H and O–H groups in total. The SMILES string of the molecule is CC(CCCC(=O)O)NC(=O)C(C)CCNC(=O)OCC1c2ccccc2-c2ccccc21. The van der Waals surface area contributed by atoms with Crippen molar-refractivity contribution >= 4 is 18.0 Å². The molecule has 2 amide bonds. The molecule has 2 unspecified atom stereocenters. The van der Waals surface area contributed by atoms with Gasteiger partial charge in [-0.3, -0.25) is 9.59 Å². The molecule has 0 heterocycles. The van der Waals surface area contributed by atoms with E-state index in [1.165, 1.54) is 11.1 Å². The maximum absolute atomic E-state index is 12.3. The van der Waals surface area contributed by atoms with Crippen molar-refractivity contribution in [2.45, 2.75) is 51.5 Å². The Morgan fingerprint density at radius 2 is 1.58 bits per heavy atom. The Labute approximate surface area is 194 Å². The van der Waals surface area contributed by atoms with Gasteiger partial charge in [-0.1, -0.05) is 55.5 Å². The second-order valence-corrected chi connectivity index (χ2v) is 8.64. The summed E-state index contributed by atoms with van der Waals surface area (Å²) in [6.45, 7) is 4.25. The van der Waals surface area contributed by atoms with Gasteiger partial charge in [0.15, 0.2) is 0 Å². The number of aliphatic carboxylic acids is 1. The molecule has 2 atom stereocenters. The van der Waals surface area contributed by atoms with Crippen LogP contribution in [-0.2, 0) is 14.3 Å². The van der Waals surface area contributed by atoms with Crippen LogP contribution in [0.4, 0.5) is 4.79 Å². The van der Waals surface area contributed by atoms with E-state index >= 15 is 0 Å². The quantitative estimate of drug-likeness (QED) is 0.471. The molecule has 33 heavy (non-hydrogen) atoms. The fraction of sp³-hybridized carbons (Fsp3) is 0.423. The monoisotopic (exact) mass is 452 g/mol. The number of hydrogen-bond donors (Lipinski definition) is 3. The van der Waals surface area contributed by atoms with Crippen LogP contribution in [0.25, 0.3) is 11.1 Å². The molecule has 2 aromatic rings. The van der Waals surface area contributed by atoms with Crippen molar-refractivity contribution < 1.29 is 24.2 Å². The minimum Gasteiger partial charge on any atom is -0.481 e. The number of nitrogens with one attached hydrogen (secondary N) is 2. The van der Waals surface area contributed by atoms with Gasteiger partial charge in [-0.15, -0.1) is 0 Å². The fourth-order valence-electron chi connectivity index (χ4n) is 4.19. The van der Waals surface area contributed by atoms with Crippen LogP contribution in [0, 0.1) is 5.92 Å². The molecule has 1 aliphatic rings. The zero-order valence-electron chi connectivity index (χ0n) is 19.2. The van der Waals surface area contributed by atoms with Crippen LogP contribution in [0.3, 0.4) is 0 Å². The van der Waals surface area contributed by atoms with Gasteiger partial charge < -0.3 is 20.5 Å². The van der Waals surface area contributed by atoms with Crippen LogP contribution in [0.15, 0.2) is 48.5 Å². The Kier molecular flexibility index (Phi) is 8.46. The Hall–Kier alpha value is -3.35. The Morgan fingerprint density at radius 1 is 0.970 bits per heavy atom. The minimum atomic E-state index is -0.832. The van der Waals surface area contributed by atoms with E-state index in [1.54, 1.807) is 6.92 Å². The Balaban J connectivity index is 1.40. The number of rotatable bonds is 11. The number of fused-ring (bicyclic) bond motifs is 3. The topological polar surface area (TPSA) is 105 Å². The molecular weight excluding hydrogens is 420 g/mol. The van der Waals surface area contributed by atoms with Gasteiger partial charge in [0, 0.05) is 30.8 Å². The van der Waals surface area contributed by atoms with Crippen LogP contribution >= 0.6 is 0 Å². The third-order valence-electron chi connectivity index (χ3n) is 6.05.